The highest BCUT2D eigenvalue weighted by atomic mass is 32.1. The van der Waals surface area contributed by atoms with Gasteiger partial charge < -0.3 is 9.47 Å². The van der Waals surface area contributed by atoms with Crippen LogP contribution in [-0.4, -0.2) is 36.9 Å². The second-order valence-corrected chi connectivity index (χ2v) is 7.26. The maximum atomic E-state index is 12.9. The molecule has 0 fully saturated rings. The van der Waals surface area contributed by atoms with Crippen LogP contribution in [0.15, 0.2) is 69.2 Å². The molecule has 0 saturated heterocycles. The van der Waals surface area contributed by atoms with Gasteiger partial charge in [0.1, 0.15) is 17.2 Å². The van der Waals surface area contributed by atoms with Crippen LogP contribution in [0.25, 0.3) is 11.3 Å². The Morgan fingerprint density at radius 3 is 2.57 bits per heavy atom. The molecule has 2 aromatic carbocycles. The summed E-state index contributed by atoms with van der Waals surface area (Å²) in [5.41, 5.74) is 2.80. The number of para-hydroxylation sites is 1. The van der Waals surface area contributed by atoms with Gasteiger partial charge in [0.25, 0.3) is 5.91 Å². The van der Waals surface area contributed by atoms with Gasteiger partial charge in [-0.15, -0.1) is 11.3 Å². The molecule has 0 N–H and O–H groups in total. The molecule has 3 aromatic rings. The number of carbonyl (C=O) groups excluding carboxylic acids is 1. The lowest BCUT2D eigenvalue weighted by molar-refractivity contribution is -0.117. The molecule has 9 heteroatoms. The van der Waals surface area contributed by atoms with Crippen molar-refractivity contribution in [1.82, 2.24) is 4.98 Å². The van der Waals surface area contributed by atoms with Crippen LogP contribution in [0, 0.1) is 0 Å². The Labute approximate surface area is 177 Å². The number of methoxy groups -OCH3 is 2. The average Bonchev–Trinajstić information content (AvgIpc) is 3.37. The summed E-state index contributed by atoms with van der Waals surface area (Å²) in [5.74, 6) is 1.07. The van der Waals surface area contributed by atoms with Crippen molar-refractivity contribution < 1.29 is 14.3 Å². The highest BCUT2D eigenvalue weighted by Crippen LogP contribution is 2.32. The summed E-state index contributed by atoms with van der Waals surface area (Å²) in [5, 5.41) is 16.4. The van der Waals surface area contributed by atoms with Gasteiger partial charge in [-0.3, -0.25) is 4.79 Å². The summed E-state index contributed by atoms with van der Waals surface area (Å²) < 4.78 is 10.5. The average molecular weight is 421 g/mol. The van der Waals surface area contributed by atoms with Crippen molar-refractivity contribution in [2.45, 2.75) is 13.0 Å². The van der Waals surface area contributed by atoms with E-state index in [2.05, 4.69) is 20.3 Å². The lowest BCUT2D eigenvalue weighted by Crippen LogP contribution is -2.29. The number of aromatic nitrogens is 1. The molecule has 0 aliphatic carbocycles. The van der Waals surface area contributed by atoms with Crippen molar-refractivity contribution in [3.05, 3.63) is 53.9 Å². The van der Waals surface area contributed by atoms with Crippen molar-refractivity contribution in [2.75, 3.05) is 19.2 Å². The first kappa shape index (κ1) is 19.7. The fourth-order valence-corrected chi connectivity index (χ4v) is 3.70. The van der Waals surface area contributed by atoms with Gasteiger partial charge in [0.15, 0.2) is 6.04 Å². The van der Waals surface area contributed by atoms with Crippen LogP contribution in [0.4, 0.5) is 10.8 Å². The van der Waals surface area contributed by atoms with Crippen molar-refractivity contribution in [2.24, 2.45) is 15.3 Å². The number of rotatable bonds is 6. The van der Waals surface area contributed by atoms with E-state index in [1.807, 2.05) is 41.8 Å². The van der Waals surface area contributed by atoms with Crippen molar-refractivity contribution in [3.63, 3.8) is 0 Å². The second-order valence-electron chi connectivity index (χ2n) is 6.43. The topological polar surface area (TPSA) is 88.7 Å². The van der Waals surface area contributed by atoms with Crippen LogP contribution in [0.5, 0.6) is 11.5 Å². The van der Waals surface area contributed by atoms with E-state index in [1.165, 1.54) is 16.3 Å². The predicted octanol–water partition coefficient (Wildman–Crippen LogP) is 4.70. The molecule has 30 heavy (non-hydrogen) atoms. The highest BCUT2D eigenvalue weighted by Gasteiger charge is 2.36. The minimum Gasteiger partial charge on any atom is -0.497 e. The van der Waals surface area contributed by atoms with Crippen molar-refractivity contribution in [1.29, 1.82) is 0 Å². The number of anilines is 1. The van der Waals surface area contributed by atoms with E-state index in [0.717, 1.165) is 17.0 Å². The second kappa shape index (κ2) is 8.42. The van der Waals surface area contributed by atoms with Gasteiger partial charge >= 0.3 is 0 Å². The smallest absolute Gasteiger partial charge is 0.282 e. The van der Waals surface area contributed by atoms with Crippen molar-refractivity contribution >= 4 is 33.8 Å². The SMILES string of the molecule is COc1ccc(-c2csc(N3N=C(C)[C@H](N=Nc4ccccc4OC)C3=O)n2)cc1. The molecular weight excluding hydrogens is 402 g/mol. The zero-order valence-electron chi connectivity index (χ0n) is 16.6. The molecule has 0 saturated carbocycles. The third kappa shape index (κ3) is 3.79. The predicted molar refractivity (Wildman–Crippen MR) is 116 cm³/mol. The molecule has 1 aliphatic heterocycles. The van der Waals surface area contributed by atoms with E-state index >= 15 is 0 Å². The molecule has 0 bridgehead atoms. The Balaban J connectivity index is 1.53. The first-order valence-electron chi connectivity index (χ1n) is 9.13. The maximum Gasteiger partial charge on any atom is 0.282 e. The largest absolute Gasteiger partial charge is 0.497 e. The number of nitrogens with zero attached hydrogens (tertiary/aromatic N) is 5. The van der Waals surface area contributed by atoms with Crippen molar-refractivity contribution in [3.8, 4) is 22.8 Å². The first-order valence-corrected chi connectivity index (χ1v) is 10.0. The van der Waals surface area contributed by atoms with Gasteiger partial charge in [0.05, 0.1) is 25.6 Å². The normalized spacial score (nSPS) is 16.2. The minimum absolute atomic E-state index is 0.290. The molecule has 0 spiro atoms. The molecule has 4 rings (SSSR count). The van der Waals surface area contributed by atoms with Gasteiger partial charge in [0, 0.05) is 10.9 Å². The van der Waals surface area contributed by atoms with E-state index < -0.39 is 6.04 Å². The summed E-state index contributed by atoms with van der Waals surface area (Å²) in [6, 6.07) is 14.0. The molecule has 0 unspecified atom stereocenters. The summed E-state index contributed by atoms with van der Waals surface area (Å²) in [6.45, 7) is 1.75. The molecule has 1 aliphatic rings. The quantitative estimate of drug-likeness (QED) is 0.540. The van der Waals surface area contributed by atoms with Crippen LogP contribution in [-0.2, 0) is 4.79 Å². The summed E-state index contributed by atoms with van der Waals surface area (Å²) >= 11 is 1.34. The Morgan fingerprint density at radius 1 is 1.07 bits per heavy atom. The summed E-state index contributed by atoms with van der Waals surface area (Å²) in [4.78, 5) is 17.5. The Kier molecular flexibility index (Phi) is 5.53. The number of azo groups is 1. The highest BCUT2D eigenvalue weighted by molar-refractivity contribution is 7.14. The molecule has 1 amide bonds. The van der Waals surface area contributed by atoms with Gasteiger partial charge in [-0.1, -0.05) is 12.1 Å². The minimum atomic E-state index is -0.789. The number of carbonyl (C=O) groups is 1. The fraction of sp³-hybridized carbons (Fsp3) is 0.190. The van der Waals surface area contributed by atoms with E-state index in [1.54, 1.807) is 33.3 Å². The zero-order chi connectivity index (χ0) is 21.1. The van der Waals surface area contributed by atoms with Gasteiger partial charge in [-0.05, 0) is 43.3 Å². The number of thiazole rings is 1. The maximum absolute atomic E-state index is 12.9. The van der Waals surface area contributed by atoms with Crippen LogP contribution in [0.1, 0.15) is 6.92 Å². The molecule has 1 aromatic heterocycles. The number of hydrazone groups is 1. The van der Waals surface area contributed by atoms with Gasteiger partial charge in [0.2, 0.25) is 5.13 Å². The summed E-state index contributed by atoms with van der Waals surface area (Å²) in [7, 11) is 3.18. The zero-order valence-corrected chi connectivity index (χ0v) is 17.5. The van der Waals surface area contributed by atoms with Crippen LogP contribution in [0.3, 0.4) is 0 Å². The number of hydrogen-bond acceptors (Lipinski definition) is 8. The Morgan fingerprint density at radius 2 is 1.83 bits per heavy atom. The van der Waals surface area contributed by atoms with E-state index in [-0.39, 0.29) is 5.91 Å². The Bertz CT molecular complexity index is 1120. The number of hydrogen-bond donors (Lipinski definition) is 0. The number of ether oxygens (including phenoxy) is 2. The summed E-state index contributed by atoms with van der Waals surface area (Å²) in [6.07, 6.45) is 0. The third-order valence-corrected chi connectivity index (χ3v) is 5.34. The molecule has 152 valence electrons. The number of amides is 1. The van der Waals surface area contributed by atoms with Crippen LogP contribution < -0.4 is 14.5 Å². The first-order chi connectivity index (χ1) is 14.6. The lowest BCUT2D eigenvalue weighted by atomic mass is 10.2. The fourth-order valence-electron chi connectivity index (χ4n) is 2.91. The molecular formula is C21H19N5O3S. The molecule has 2 heterocycles. The van der Waals surface area contributed by atoms with Gasteiger partial charge in [-0.25, -0.2) is 4.98 Å². The van der Waals surface area contributed by atoms with E-state index in [9.17, 15) is 4.79 Å². The Hall–Kier alpha value is -3.59. The van der Waals surface area contributed by atoms with E-state index in [4.69, 9.17) is 9.47 Å². The van der Waals surface area contributed by atoms with E-state index in [0.29, 0.717) is 22.3 Å². The van der Waals surface area contributed by atoms with Crippen LogP contribution in [0.2, 0.25) is 0 Å². The molecule has 0 radical (unpaired) electrons. The van der Waals surface area contributed by atoms with Crippen LogP contribution >= 0.6 is 11.3 Å². The molecule has 8 nitrogen and oxygen atoms in total. The van der Waals surface area contributed by atoms with Gasteiger partial charge in [-0.2, -0.15) is 20.3 Å². The lowest BCUT2D eigenvalue weighted by Gasteiger charge is -2.08. The number of benzene rings is 2. The standard InChI is InChI=1S/C21H19N5O3S/c1-13-19(24-23-16-6-4-5-7-18(16)29-3)20(27)26(25-13)21-22-17(12-30-21)14-8-10-15(28-2)11-9-14/h4-12,19H,1-3H3/t19-/m0/s1. The third-order valence-electron chi connectivity index (χ3n) is 4.52. The molecule has 1 atom stereocenters. The monoisotopic (exact) mass is 421 g/mol.